The zero-order valence-electron chi connectivity index (χ0n) is 13.4. The molecule has 0 saturated heterocycles. The number of aromatic nitrogens is 1. The van der Waals surface area contributed by atoms with Gasteiger partial charge in [-0.25, -0.2) is 18.1 Å². The Morgan fingerprint density at radius 3 is 2.33 bits per heavy atom. The van der Waals surface area contributed by atoms with E-state index < -0.39 is 26.8 Å². The number of nitrogens with one attached hydrogen (secondary N) is 1. The summed E-state index contributed by atoms with van der Waals surface area (Å²) in [6.07, 6.45) is -3.93. The van der Waals surface area contributed by atoms with Gasteiger partial charge in [-0.3, -0.25) is 0 Å². The maximum atomic E-state index is 12.5. The minimum atomic E-state index is -4.60. The molecule has 0 radical (unpaired) electrons. The molecular weight excluding hydrogens is 432 g/mol. The Morgan fingerprint density at radius 1 is 1.19 bits per heavy atom. The lowest BCUT2D eigenvalue weighted by Gasteiger charge is -2.11. The Morgan fingerprint density at radius 2 is 1.81 bits per heavy atom. The van der Waals surface area contributed by atoms with E-state index in [0.717, 1.165) is 6.07 Å². The molecule has 0 saturated carbocycles. The van der Waals surface area contributed by atoms with E-state index in [4.69, 9.17) is 27.9 Å². The number of aromatic hydroxyl groups is 1. The summed E-state index contributed by atoms with van der Waals surface area (Å²) >= 11 is 11.8. The van der Waals surface area contributed by atoms with Gasteiger partial charge >= 0.3 is 6.18 Å². The molecule has 6 nitrogen and oxygen atoms in total. The Hall–Kier alpha value is -1.75. The average molecular weight is 445 g/mol. The van der Waals surface area contributed by atoms with Crippen molar-refractivity contribution >= 4 is 33.2 Å². The fraction of sp³-hybridized carbons (Fsp3) is 0.267. The molecule has 2 aromatic rings. The molecule has 1 aromatic heterocycles. The van der Waals surface area contributed by atoms with Crippen molar-refractivity contribution in [2.75, 3.05) is 13.2 Å². The maximum Gasteiger partial charge on any atom is 0.417 e. The lowest BCUT2D eigenvalue weighted by atomic mass is 10.3. The first-order valence-electron chi connectivity index (χ1n) is 7.34. The van der Waals surface area contributed by atoms with Crippen LogP contribution in [0.2, 0.25) is 10.0 Å². The molecule has 148 valence electrons. The van der Waals surface area contributed by atoms with E-state index in [0.29, 0.717) is 12.3 Å². The van der Waals surface area contributed by atoms with Crippen LogP contribution in [0.1, 0.15) is 12.0 Å². The summed E-state index contributed by atoms with van der Waals surface area (Å²) in [5.74, 6) is 0.0116. The summed E-state index contributed by atoms with van der Waals surface area (Å²) in [5.41, 5.74) is -1.04. The van der Waals surface area contributed by atoms with Crippen LogP contribution in [-0.4, -0.2) is 31.7 Å². The van der Waals surface area contributed by atoms with E-state index >= 15 is 0 Å². The summed E-state index contributed by atoms with van der Waals surface area (Å²) in [7, 11) is -4.06. The van der Waals surface area contributed by atoms with E-state index in [1.165, 1.54) is 12.1 Å². The van der Waals surface area contributed by atoms with Gasteiger partial charge in [-0.15, -0.1) is 0 Å². The number of alkyl halides is 3. The number of halogens is 5. The van der Waals surface area contributed by atoms with Gasteiger partial charge in [0.25, 0.3) is 10.0 Å². The van der Waals surface area contributed by atoms with Gasteiger partial charge in [0.2, 0.25) is 0 Å². The smallest absolute Gasteiger partial charge is 0.417 e. The van der Waals surface area contributed by atoms with E-state index in [-0.39, 0.29) is 41.1 Å². The second-order valence-corrected chi connectivity index (χ2v) is 7.75. The van der Waals surface area contributed by atoms with Gasteiger partial charge in [0.15, 0.2) is 10.8 Å². The fourth-order valence-corrected chi connectivity index (χ4v) is 3.50. The van der Waals surface area contributed by atoms with E-state index in [1.807, 2.05) is 0 Å². The van der Waals surface area contributed by atoms with Gasteiger partial charge in [0.1, 0.15) is 5.75 Å². The molecule has 0 aliphatic carbocycles. The van der Waals surface area contributed by atoms with Crippen LogP contribution in [0, 0.1) is 0 Å². The number of nitrogens with zero attached hydrogens (tertiary/aromatic N) is 1. The second-order valence-electron chi connectivity index (χ2n) is 5.22. The van der Waals surface area contributed by atoms with Gasteiger partial charge in [-0.2, -0.15) is 13.2 Å². The van der Waals surface area contributed by atoms with Crippen molar-refractivity contribution in [3.8, 4) is 11.5 Å². The first-order chi connectivity index (χ1) is 12.5. The molecule has 1 aromatic carbocycles. The SMILES string of the molecule is O=S(=O)(NCCCOc1c(Cl)cc(O)cc1Cl)c1ccc(C(F)(F)F)cn1. The van der Waals surface area contributed by atoms with Crippen molar-refractivity contribution in [2.24, 2.45) is 0 Å². The van der Waals surface area contributed by atoms with Crippen LogP contribution in [0.5, 0.6) is 11.5 Å². The number of sulfonamides is 1. The minimum Gasteiger partial charge on any atom is -0.508 e. The predicted octanol–water partition coefficient (Wildman–Crippen LogP) is 3.86. The van der Waals surface area contributed by atoms with Crippen LogP contribution < -0.4 is 9.46 Å². The second kappa shape index (κ2) is 8.51. The van der Waals surface area contributed by atoms with Gasteiger partial charge in [-0.05, 0) is 18.6 Å². The third-order valence-corrected chi connectivity index (χ3v) is 5.12. The fourth-order valence-electron chi connectivity index (χ4n) is 1.92. The van der Waals surface area contributed by atoms with Gasteiger partial charge < -0.3 is 9.84 Å². The summed E-state index contributed by atoms with van der Waals surface area (Å²) in [6, 6.07) is 3.89. The number of phenolic OH excluding ortho intramolecular Hbond substituents is 1. The van der Waals surface area contributed by atoms with Crippen molar-refractivity contribution in [1.29, 1.82) is 0 Å². The van der Waals surface area contributed by atoms with E-state index in [1.54, 1.807) is 0 Å². The van der Waals surface area contributed by atoms with Crippen LogP contribution in [-0.2, 0) is 16.2 Å². The Balaban J connectivity index is 1.88. The molecular formula is C15H13Cl2F3N2O4S. The number of rotatable bonds is 7. The molecule has 12 heteroatoms. The van der Waals surface area contributed by atoms with Gasteiger partial charge in [0.05, 0.1) is 22.2 Å². The van der Waals surface area contributed by atoms with Crippen molar-refractivity contribution < 1.29 is 31.4 Å². The van der Waals surface area contributed by atoms with Crippen LogP contribution >= 0.6 is 23.2 Å². The highest BCUT2D eigenvalue weighted by Gasteiger charge is 2.31. The van der Waals surface area contributed by atoms with Crippen LogP contribution in [0.3, 0.4) is 0 Å². The lowest BCUT2D eigenvalue weighted by Crippen LogP contribution is -2.26. The highest BCUT2D eigenvalue weighted by atomic mass is 35.5. The molecule has 0 amide bonds. The Bertz CT molecular complexity index is 883. The monoisotopic (exact) mass is 444 g/mol. The van der Waals surface area contributed by atoms with Crippen LogP contribution in [0.25, 0.3) is 0 Å². The van der Waals surface area contributed by atoms with Crippen LogP contribution in [0.4, 0.5) is 13.2 Å². The van der Waals surface area contributed by atoms with E-state index in [2.05, 4.69) is 9.71 Å². The zero-order chi connectivity index (χ0) is 20.2. The molecule has 0 aliphatic rings. The molecule has 0 atom stereocenters. The normalized spacial score (nSPS) is 12.2. The van der Waals surface area contributed by atoms with Crippen molar-refractivity contribution in [2.45, 2.75) is 17.6 Å². The predicted molar refractivity (Wildman–Crippen MR) is 92.7 cm³/mol. The number of hydrogen-bond acceptors (Lipinski definition) is 5. The summed E-state index contributed by atoms with van der Waals surface area (Å²) < 4.78 is 69.0. The third kappa shape index (κ3) is 5.86. The average Bonchev–Trinajstić information content (AvgIpc) is 2.55. The molecule has 2 rings (SSSR count). The highest BCUT2D eigenvalue weighted by Crippen LogP contribution is 2.36. The number of phenols is 1. The van der Waals surface area contributed by atoms with Crippen molar-refractivity contribution in [3.63, 3.8) is 0 Å². The molecule has 27 heavy (non-hydrogen) atoms. The maximum absolute atomic E-state index is 12.5. The number of benzene rings is 1. The van der Waals surface area contributed by atoms with Gasteiger partial charge in [0, 0.05) is 24.9 Å². The quantitative estimate of drug-likeness (QED) is 0.632. The first-order valence-corrected chi connectivity index (χ1v) is 9.58. The Kier molecular flexibility index (Phi) is 6.79. The largest absolute Gasteiger partial charge is 0.508 e. The topological polar surface area (TPSA) is 88.5 Å². The molecule has 0 bridgehead atoms. The molecule has 1 heterocycles. The Labute approximate surface area is 162 Å². The minimum absolute atomic E-state index is 0.0488. The molecule has 0 spiro atoms. The zero-order valence-corrected chi connectivity index (χ0v) is 15.8. The van der Waals surface area contributed by atoms with Gasteiger partial charge in [-0.1, -0.05) is 23.2 Å². The van der Waals surface area contributed by atoms with Crippen LogP contribution in [0.15, 0.2) is 35.5 Å². The van der Waals surface area contributed by atoms with E-state index in [9.17, 15) is 26.7 Å². The molecule has 0 aliphatic heterocycles. The molecule has 2 N–H and O–H groups in total. The number of ether oxygens (including phenoxy) is 1. The molecule has 0 unspecified atom stereocenters. The summed E-state index contributed by atoms with van der Waals surface area (Å²) in [4.78, 5) is 3.33. The highest BCUT2D eigenvalue weighted by molar-refractivity contribution is 7.89. The van der Waals surface area contributed by atoms with Crippen molar-refractivity contribution in [3.05, 3.63) is 46.1 Å². The third-order valence-electron chi connectivity index (χ3n) is 3.18. The standard InChI is InChI=1S/C15H13Cl2F3N2O4S/c16-11-6-10(23)7-12(17)14(11)26-5-1-4-22-27(24,25)13-3-2-9(8-21-13)15(18,19)20/h2-3,6-8,22-23H,1,4-5H2. The molecule has 0 fully saturated rings. The number of hydrogen-bond donors (Lipinski definition) is 2. The number of pyridine rings is 1. The summed E-state index contributed by atoms with van der Waals surface area (Å²) in [6.45, 7) is -0.00840. The summed E-state index contributed by atoms with van der Waals surface area (Å²) in [5, 5.41) is 8.98. The van der Waals surface area contributed by atoms with Crippen molar-refractivity contribution in [1.82, 2.24) is 9.71 Å². The first kappa shape index (κ1) is 21.5. The lowest BCUT2D eigenvalue weighted by molar-refractivity contribution is -0.137.